The molecule has 0 fully saturated rings. The van der Waals surface area contributed by atoms with Crippen molar-refractivity contribution in [2.45, 2.75) is 0 Å². The lowest BCUT2D eigenvalue weighted by molar-refractivity contribution is 0.223. The van der Waals surface area contributed by atoms with Crippen LogP contribution in [0.3, 0.4) is 0 Å². The topological polar surface area (TPSA) is 41.7 Å². The molecule has 0 aliphatic carbocycles. The van der Waals surface area contributed by atoms with E-state index in [4.69, 9.17) is 10.5 Å². The Morgan fingerprint density at radius 1 is 1.06 bits per heavy atom. The molecule has 4 heteroatoms. The average molecular weight is 237 g/mol. The van der Waals surface area contributed by atoms with Crippen molar-refractivity contribution < 1.29 is 4.74 Å². The van der Waals surface area contributed by atoms with Crippen molar-refractivity contribution in [2.75, 3.05) is 53.1 Å². The number of anilines is 1. The fourth-order valence-electron chi connectivity index (χ4n) is 1.41. The maximum absolute atomic E-state index is 5.79. The molecule has 0 radical (unpaired) electrons. The van der Waals surface area contributed by atoms with E-state index in [-0.39, 0.29) is 0 Å². The van der Waals surface area contributed by atoms with Crippen LogP contribution in [0.4, 0.5) is 5.69 Å². The zero-order valence-electron chi connectivity index (χ0n) is 11.0. The molecule has 0 spiro atoms. The predicted molar refractivity (Wildman–Crippen MR) is 72.4 cm³/mol. The number of nitrogen functional groups attached to an aromatic ring is 1. The molecule has 0 bridgehead atoms. The quantitative estimate of drug-likeness (QED) is 0.722. The molecular weight excluding hydrogens is 214 g/mol. The van der Waals surface area contributed by atoms with E-state index in [0.29, 0.717) is 12.3 Å². The van der Waals surface area contributed by atoms with Gasteiger partial charge in [-0.25, -0.2) is 0 Å². The highest BCUT2D eigenvalue weighted by Crippen LogP contribution is 2.19. The van der Waals surface area contributed by atoms with Gasteiger partial charge in [0.15, 0.2) is 0 Å². The molecule has 0 saturated heterocycles. The minimum Gasteiger partial charge on any atom is -0.490 e. The minimum absolute atomic E-state index is 0.665. The Hall–Kier alpha value is -1.26. The molecule has 0 aromatic heterocycles. The van der Waals surface area contributed by atoms with Crippen LogP contribution in [0.2, 0.25) is 0 Å². The Labute approximate surface area is 104 Å². The Kier molecular flexibility index (Phi) is 5.80. The average Bonchev–Trinajstić information content (AvgIpc) is 2.29. The summed E-state index contributed by atoms with van der Waals surface area (Å²) in [7, 11) is 6.26. The van der Waals surface area contributed by atoms with Gasteiger partial charge in [-0.15, -0.1) is 0 Å². The van der Waals surface area contributed by atoms with E-state index in [1.165, 1.54) is 0 Å². The first-order valence-electron chi connectivity index (χ1n) is 5.90. The Morgan fingerprint density at radius 2 is 1.76 bits per heavy atom. The first-order chi connectivity index (χ1) is 8.09. The summed E-state index contributed by atoms with van der Waals surface area (Å²) in [6, 6.07) is 7.59. The molecule has 2 N–H and O–H groups in total. The van der Waals surface area contributed by atoms with Gasteiger partial charge in [-0.1, -0.05) is 12.1 Å². The molecule has 17 heavy (non-hydrogen) atoms. The molecular formula is C13H23N3O. The summed E-state index contributed by atoms with van der Waals surface area (Å²) in [5, 5.41) is 0. The number of nitrogens with zero attached hydrogens (tertiary/aromatic N) is 2. The van der Waals surface area contributed by atoms with Crippen LogP contribution < -0.4 is 10.5 Å². The maximum Gasteiger partial charge on any atom is 0.142 e. The van der Waals surface area contributed by atoms with E-state index in [9.17, 15) is 0 Å². The first kappa shape index (κ1) is 13.8. The number of ether oxygens (including phenoxy) is 1. The highest BCUT2D eigenvalue weighted by atomic mass is 16.5. The summed E-state index contributed by atoms with van der Waals surface area (Å²) < 4.78 is 5.63. The normalized spacial score (nSPS) is 11.1. The lowest BCUT2D eigenvalue weighted by Gasteiger charge is -2.19. The molecule has 96 valence electrons. The van der Waals surface area contributed by atoms with Gasteiger partial charge in [0.2, 0.25) is 0 Å². The van der Waals surface area contributed by atoms with Gasteiger partial charge in [-0.05, 0) is 33.3 Å². The fraction of sp³-hybridized carbons (Fsp3) is 0.538. The smallest absolute Gasteiger partial charge is 0.142 e. The number of rotatable bonds is 7. The third kappa shape index (κ3) is 5.56. The van der Waals surface area contributed by atoms with Crippen molar-refractivity contribution in [2.24, 2.45) is 0 Å². The fourth-order valence-corrected chi connectivity index (χ4v) is 1.41. The van der Waals surface area contributed by atoms with Crippen LogP contribution in [0.5, 0.6) is 5.75 Å². The molecule has 0 heterocycles. The van der Waals surface area contributed by atoms with Gasteiger partial charge in [0.05, 0.1) is 5.69 Å². The first-order valence-corrected chi connectivity index (χ1v) is 5.90. The molecule has 0 aliphatic heterocycles. The van der Waals surface area contributed by atoms with Crippen LogP contribution >= 0.6 is 0 Å². The summed E-state index contributed by atoms with van der Waals surface area (Å²) in [4.78, 5) is 4.42. The van der Waals surface area contributed by atoms with Gasteiger partial charge in [-0.3, -0.25) is 0 Å². The van der Waals surface area contributed by atoms with E-state index < -0.39 is 0 Å². The SMILES string of the molecule is CN(C)CCN(C)CCOc1ccccc1N. The number of nitrogens with two attached hydrogens (primary N) is 1. The molecule has 1 rings (SSSR count). The molecule has 1 aromatic rings. The molecule has 0 aliphatic rings. The molecule has 0 atom stereocenters. The number of hydrogen-bond acceptors (Lipinski definition) is 4. The zero-order chi connectivity index (χ0) is 12.7. The van der Waals surface area contributed by atoms with Crippen LogP contribution in [0, 0.1) is 0 Å². The number of benzene rings is 1. The van der Waals surface area contributed by atoms with Crippen LogP contribution in [0.1, 0.15) is 0 Å². The van der Waals surface area contributed by atoms with Crippen LogP contribution in [0.15, 0.2) is 24.3 Å². The molecule has 0 unspecified atom stereocenters. The second-order valence-electron chi connectivity index (χ2n) is 4.49. The van der Waals surface area contributed by atoms with E-state index >= 15 is 0 Å². The van der Waals surface area contributed by atoms with Gasteiger partial charge >= 0.3 is 0 Å². The second kappa shape index (κ2) is 7.14. The summed E-state index contributed by atoms with van der Waals surface area (Å²) in [6.07, 6.45) is 0. The molecule has 4 nitrogen and oxygen atoms in total. The van der Waals surface area contributed by atoms with Crippen molar-refractivity contribution in [3.05, 3.63) is 24.3 Å². The maximum atomic E-state index is 5.79. The number of para-hydroxylation sites is 2. The van der Waals surface area contributed by atoms with E-state index in [1.54, 1.807) is 0 Å². The van der Waals surface area contributed by atoms with Gasteiger partial charge in [-0.2, -0.15) is 0 Å². The molecule has 0 amide bonds. The van der Waals surface area contributed by atoms with Gasteiger partial charge < -0.3 is 20.3 Å². The van der Waals surface area contributed by atoms with Crippen LogP contribution in [-0.4, -0.2) is 57.2 Å². The molecule has 1 aromatic carbocycles. The van der Waals surface area contributed by atoms with Crippen molar-refractivity contribution in [3.8, 4) is 5.75 Å². The lowest BCUT2D eigenvalue weighted by Crippen LogP contribution is -2.31. The summed E-state index contributed by atoms with van der Waals surface area (Å²) in [5.41, 5.74) is 6.49. The predicted octanol–water partition coefficient (Wildman–Crippen LogP) is 1.14. The molecule has 0 saturated carbocycles. The van der Waals surface area contributed by atoms with Crippen LogP contribution in [-0.2, 0) is 0 Å². The monoisotopic (exact) mass is 237 g/mol. The van der Waals surface area contributed by atoms with Crippen molar-refractivity contribution in [1.82, 2.24) is 9.80 Å². The van der Waals surface area contributed by atoms with E-state index in [2.05, 4.69) is 30.9 Å². The summed E-state index contributed by atoms with van der Waals surface area (Å²) >= 11 is 0. The lowest BCUT2D eigenvalue weighted by atomic mass is 10.3. The van der Waals surface area contributed by atoms with Crippen molar-refractivity contribution >= 4 is 5.69 Å². The van der Waals surface area contributed by atoms with Crippen molar-refractivity contribution in [1.29, 1.82) is 0 Å². The number of hydrogen-bond donors (Lipinski definition) is 1. The van der Waals surface area contributed by atoms with Gasteiger partial charge in [0, 0.05) is 19.6 Å². The van der Waals surface area contributed by atoms with Gasteiger partial charge in [0.25, 0.3) is 0 Å². The Bertz CT molecular complexity index is 328. The van der Waals surface area contributed by atoms with E-state index in [0.717, 1.165) is 25.4 Å². The summed E-state index contributed by atoms with van der Waals surface area (Å²) in [6.45, 7) is 3.67. The Balaban J connectivity index is 2.21. The minimum atomic E-state index is 0.665. The third-order valence-electron chi connectivity index (χ3n) is 2.58. The zero-order valence-corrected chi connectivity index (χ0v) is 11.0. The van der Waals surface area contributed by atoms with E-state index in [1.807, 2.05) is 24.3 Å². The number of likely N-dealkylation sites (N-methyl/N-ethyl adjacent to an activating group) is 2. The van der Waals surface area contributed by atoms with Crippen molar-refractivity contribution in [3.63, 3.8) is 0 Å². The standard InChI is InChI=1S/C13H23N3O/c1-15(2)8-9-16(3)10-11-17-13-7-5-4-6-12(13)14/h4-7H,8-11,14H2,1-3H3. The van der Waals surface area contributed by atoms with Gasteiger partial charge in [0.1, 0.15) is 12.4 Å². The third-order valence-corrected chi connectivity index (χ3v) is 2.58. The highest BCUT2D eigenvalue weighted by molar-refractivity contribution is 5.51. The van der Waals surface area contributed by atoms with Crippen LogP contribution in [0.25, 0.3) is 0 Å². The second-order valence-corrected chi connectivity index (χ2v) is 4.49. The Morgan fingerprint density at radius 3 is 2.41 bits per heavy atom. The largest absolute Gasteiger partial charge is 0.490 e. The summed E-state index contributed by atoms with van der Waals surface area (Å²) in [5.74, 6) is 0.772. The highest BCUT2D eigenvalue weighted by Gasteiger charge is 2.01.